The van der Waals surface area contributed by atoms with Gasteiger partial charge in [0.1, 0.15) is 11.8 Å². The van der Waals surface area contributed by atoms with Crippen molar-refractivity contribution in [2.75, 3.05) is 0 Å². The molecular weight excluding hydrogens is 374 g/mol. The fourth-order valence-corrected chi connectivity index (χ4v) is 0.973. The van der Waals surface area contributed by atoms with Crippen molar-refractivity contribution in [3.05, 3.63) is 29.8 Å². The van der Waals surface area contributed by atoms with Crippen molar-refractivity contribution in [1.29, 1.82) is 0 Å². The molecule has 1 rings (SSSR count). The second kappa shape index (κ2) is 9.04. The van der Waals surface area contributed by atoms with Gasteiger partial charge in [-0.05, 0) is 24.1 Å². The first-order chi connectivity index (χ1) is 8.09. The molecule has 0 amide bonds. The summed E-state index contributed by atoms with van der Waals surface area (Å²) in [5, 5.41) is 17.5. The topological polar surface area (TPSA) is 164 Å². The largest absolute Gasteiger partial charge is 0.759 e. The van der Waals surface area contributed by atoms with E-state index in [1.54, 1.807) is 12.1 Å². The van der Waals surface area contributed by atoms with Crippen molar-refractivity contribution >= 4 is 16.4 Å². The second-order valence-electron chi connectivity index (χ2n) is 3.22. The number of nitrogens with two attached hydrogens (primary N) is 1. The summed E-state index contributed by atoms with van der Waals surface area (Å²) in [6, 6.07) is 5.42. The minimum atomic E-state index is -5.17. The van der Waals surface area contributed by atoms with Crippen molar-refractivity contribution in [3.63, 3.8) is 0 Å². The van der Waals surface area contributed by atoms with Crippen molar-refractivity contribution in [2.45, 2.75) is 12.5 Å². The quantitative estimate of drug-likeness (QED) is 0.339. The molecule has 0 aliphatic heterocycles. The van der Waals surface area contributed by atoms with E-state index in [-0.39, 0.29) is 34.6 Å². The summed E-state index contributed by atoms with van der Waals surface area (Å²) in [7, 11) is -5.17. The molecule has 0 aromatic heterocycles. The van der Waals surface area contributed by atoms with Crippen molar-refractivity contribution in [3.8, 4) is 5.75 Å². The average Bonchev–Trinajstić information content (AvgIpc) is 2.18. The number of phenolic OH excluding ortho intramolecular Hbond substituents is 1. The summed E-state index contributed by atoms with van der Waals surface area (Å²) in [6.07, 6.45) is 0.273. The molecule has 113 valence electrons. The van der Waals surface area contributed by atoms with E-state index >= 15 is 0 Å². The number of carboxylic acids is 1. The molecule has 1 atom stereocenters. The molecule has 1 radical (unpaired) electrons. The fraction of sp³-hybridized carbons (Fsp3) is 0.222. The van der Waals surface area contributed by atoms with Crippen molar-refractivity contribution in [1.82, 2.24) is 0 Å². The first-order valence-corrected chi connectivity index (χ1v) is 5.86. The Hall–Kier alpha value is -0.940. The number of carbonyl (C=O) groups is 1. The molecular formula is C9H11AgNO7S-2. The van der Waals surface area contributed by atoms with E-state index in [9.17, 15) is 4.79 Å². The molecule has 0 unspecified atom stereocenters. The molecule has 1 aromatic carbocycles. The van der Waals surface area contributed by atoms with Crippen LogP contribution in [0.1, 0.15) is 5.56 Å². The Kier molecular flexibility index (Phi) is 9.70. The molecule has 0 spiro atoms. The van der Waals surface area contributed by atoms with E-state index in [2.05, 4.69) is 0 Å². The predicted molar refractivity (Wildman–Crippen MR) is 57.9 cm³/mol. The van der Waals surface area contributed by atoms with Crippen LogP contribution in [0.4, 0.5) is 0 Å². The standard InChI is InChI=1S/C9H11NO3.Ag.H2O4S/c10-8(9(12)13)5-6-1-3-7(11)4-2-6;;1-5(2,3)4/h1-4,8,11H,5,10H2,(H,12,13);;(H2,1,2,3,4)/p-2/t8-;;/m0../s1. The van der Waals surface area contributed by atoms with Gasteiger partial charge in [0, 0.05) is 32.8 Å². The minimum Gasteiger partial charge on any atom is -0.759 e. The minimum absolute atomic E-state index is 0. The molecule has 1 aromatic rings. The third kappa shape index (κ3) is 13.3. The third-order valence-electron chi connectivity index (χ3n) is 1.71. The van der Waals surface area contributed by atoms with Crippen LogP contribution in [0, 0.1) is 0 Å². The number of aromatic hydroxyl groups is 1. The van der Waals surface area contributed by atoms with Gasteiger partial charge >= 0.3 is 5.97 Å². The van der Waals surface area contributed by atoms with Crippen molar-refractivity contribution in [2.24, 2.45) is 5.73 Å². The first kappa shape index (κ1) is 20.4. The zero-order valence-electron chi connectivity index (χ0n) is 9.32. The Morgan fingerprint density at radius 2 is 1.63 bits per heavy atom. The van der Waals surface area contributed by atoms with Gasteiger partial charge in [-0.15, -0.1) is 0 Å². The van der Waals surface area contributed by atoms with Crippen LogP contribution < -0.4 is 5.73 Å². The molecule has 0 aliphatic carbocycles. The maximum atomic E-state index is 10.4. The van der Waals surface area contributed by atoms with Gasteiger partial charge in [-0.2, -0.15) is 0 Å². The summed E-state index contributed by atoms with van der Waals surface area (Å²) >= 11 is 0. The predicted octanol–water partition coefficient (Wildman–Crippen LogP) is -0.994. The number of hydrogen-bond acceptors (Lipinski definition) is 7. The number of rotatable bonds is 3. The number of phenols is 1. The van der Waals surface area contributed by atoms with Crippen LogP contribution in [-0.2, 0) is 44.0 Å². The van der Waals surface area contributed by atoms with Gasteiger partial charge in [0.25, 0.3) is 0 Å². The van der Waals surface area contributed by atoms with Crippen LogP contribution >= 0.6 is 0 Å². The Bertz CT molecular complexity index is 480. The molecule has 0 fully saturated rings. The van der Waals surface area contributed by atoms with Gasteiger partial charge in [0.2, 0.25) is 0 Å². The van der Waals surface area contributed by atoms with E-state index in [4.69, 9.17) is 33.5 Å². The summed E-state index contributed by atoms with van der Waals surface area (Å²) < 4.78 is 34.1. The monoisotopic (exact) mass is 384 g/mol. The molecule has 0 saturated carbocycles. The summed E-state index contributed by atoms with van der Waals surface area (Å²) in [4.78, 5) is 10.4. The average molecular weight is 385 g/mol. The summed E-state index contributed by atoms with van der Waals surface area (Å²) in [5.41, 5.74) is 6.12. The van der Waals surface area contributed by atoms with Crippen LogP contribution in [0.15, 0.2) is 24.3 Å². The molecule has 10 heteroatoms. The van der Waals surface area contributed by atoms with Gasteiger partial charge in [0.15, 0.2) is 0 Å². The van der Waals surface area contributed by atoms with Gasteiger partial charge in [-0.1, -0.05) is 12.1 Å². The smallest absolute Gasteiger partial charge is 0.320 e. The number of aliphatic carboxylic acids is 1. The van der Waals surface area contributed by atoms with Crippen LogP contribution in [0.2, 0.25) is 0 Å². The Labute approximate surface area is 125 Å². The van der Waals surface area contributed by atoms with E-state index in [0.717, 1.165) is 5.56 Å². The van der Waals surface area contributed by atoms with Gasteiger partial charge < -0.3 is 25.1 Å². The van der Waals surface area contributed by atoms with E-state index in [0.29, 0.717) is 0 Å². The molecule has 19 heavy (non-hydrogen) atoms. The number of carboxylic acid groups (broad SMARTS) is 1. The van der Waals surface area contributed by atoms with E-state index in [1.807, 2.05) is 0 Å². The maximum Gasteiger partial charge on any atom is 0.320 e. The number of benzene rings is 1. The molecule has 0 heterocycles. The van der Waals surface area contributed by atoms with Crippen LogP contribution in [-0.4, -0.2) is 39.7 Å². The van der Waals surface area contributed by atoms with Crippen LogP contribution in [0.5, 0.6) is 5.75 Å². The van der Waals surface area contributed by atoms with Crippen LogP contribution in [0.25, 0.3) is 0 Å². The molecule has 4 N–H and O–H groups in total. The SMILES string of the molecule is N[C@@H](Cc1ccc(O)cc1)C(=O)O.O=S(=O)([O-])[O-].[Ag]. The van der Waals surface area contributed by atoms with Crippen molar-refractivity contribution < 1.29 is 54.9 Å². The molecule has 0 bridgehead atoms. The Morgan fingerprint density at radius 3 is 1.95 bits per heavy atom. The normalized spacial score (nSPS) is 11.5. The third-order valence-corrected chi connectivity index (χ3v) is 1.71. The molecule has 0 aliphatic rings. The summed E-state index contributed by atoms with van der Waals surface area (Å²) in [6.45, 7) is 0. The van der Waals surface area contributed by atoms with Gasteiger partial charge in [0.05, 0.1) is 0 Å². The summed E-state index contributed by atoms with van der Waals surface area (Å²) in [5.74, 6) is -0.860. The number of hydrogen-bond donors (Lipinski definition) is 3. The zero-order chi connectivity index (χ0) is 14.3. The Balaban J connectivity index is 0. The van der Waals surface area contributed by atoms with Crippen LogP contribution in [0.3, 0.4) is 0 Å². The zero-order valence-corrected chi connectivity index (χ0v) is 11.6. The molecule has 8 nitrogen and oxygen atoms in total. The fourth-order valence-electron chi connectivity index (χ4n) is 0.973. The van der Waals surface area contributed by atoms with E-state index in [1.165, 1.54) is 12.1 Å². The molecule has 0 saturated heterocycles. The van der Waals surface area contributed by atoms with Gasteiger partial charge in [-0.25, -0.2) is 0 Å². The Morgan fingerprint density at radius 1 is 1.26 bits per heavy atom. The van der Waals surface area contributed by atoms with Gasteiger partial charge in [-0.3, -0.25) is 13.2 Å². The first-order valence-electron chi connectivity index (χ1n) is 4.52. The second-order valence-corrected chi connectivity index (χ2v) is 4.04. The van der Waals surface area contributed by atoms with E-state index < -0.39 is 22.4 Å². The maximum absolute atomic E-state index is 10.4.